The van der Waals surface area contributed by atoms with E-state index in [1.807, 2.05) is 0 Å². The van der Waals surface area contributed by atoms with E-state index in [-0.39, 0.29) is 5.41 Å². The van der Waals surface area contributed by atoms with Crippen molar-refractivity contribution in [1.29, 1.82) is 0 Å². The van der Waals surface area contributed by atoms with Gasteiger partial charge in [-0.3, -0.25) is 0 Å². The van der Waals surface area contributed by atoms with E-state index in [9.17, 15) is 0 Å². The highest BCUT2D eigenvalue weighted by Gasteiger charge is 2.52. The number of rotatable bonds is 4. The summed E-state index contributed by atoms with van der Waals surface area (Å²) < 4.78 is 2.53. The predicted molar refractivity (Wildman–Crippen MR) is 249 cm³/mol. The van der Waals surface area contributed by atoms with E-state index in [0.29, 0.717) is 0 Å². The topological polar surface area (TPSA) is 8.17 Å². The fraction of sp³-hybridized carbons (Fsp3) is 0.0690. The summed E-state index contributed by atoms with van der Waals surface area (Å²) in [4.78, 5) is 2.48. The molecular weight excluding hydrogens is 725 g/mol. The van der Waals surface area contributed by atoms with Crippen LogP contribution in [-0.2, 0) is 10.8 Å². The van der Waals surface area contributed by atoms with Gasteiger partial charge in [0.1, 0.15) is 0 Å². The fourth-order valence-electron chi connectivity index (χ4n) is 11.6. The lowest BCUT2D eigenvalue weighted by molar-refractivity contribution is 0.660. The van der Waals surface area contributed by atoms with Crippen LogP contribution in [0.3, 0.4) is 0 Å². The van der Waals surface area contributed by atoms with Crippen LogP contribution in [0.5, 0.6) is 0 Å². The second kappa shape index (κ2) is 12.1. The first kappa shape index (κ1) is 33.5. The van der Waals surface area contributed by atoms with Crippen molar-refractivity contribution in [3.8, 4) is 39.1 Å². The molecule has 0 amide bonds. The van der Waals surface area contributed by atoms with Crippen LogP contribution in [0.1, 0.15) is 47.2 Å². The Morgan fingerprint density at radius 3 is 1.78 bits per heavy atom. The molecule has 60 heavy (non-hydrogen) atoms. The van der Waals surface area contributed by atoms with Gasteiger partial charge >= 0.3 is 0 Å². The van der Waals surface area contributed by atoms with Crippen molar-refractivity contribution in [2.24, 2.45) is 0 Å². The van der Waals surface area contributed by atoms with E-state index >= 15 is 0 Å². The van der Waals surface area contributed by atoms with Crippen LogP contribution in [0.25, 0.3) is 60.9 Å². The van der Waals surface area contributed by atoms with E-state index in [2.05, 4.69) is 230 Å². The van der Waals surface area contributed by atoms with E-state index in [1.165, 1.54) is 94.3 Å². The van der Waals surface area contributed by atoms with E-state index < -0.39 is 5.41 Å². The van der Waals surface area contributed by atoms with Crippen molar-refractivity contribution in [3.63, 3.8) is 0 Å². The molecule has 1 spiro atoms. The summed E-state index contributed by atoms with van der Waals surface area (Å²) in [6, 6.07) is 77.3. The first-order chi connectivity index (χ1) is 29.6. The summed E-state index contributed by atoms with van der Waals surface area (Å²) in [7, 11) is 0. The molecule has 0 saturated carbocycles. The molecule has 1 aromatic heterocycles. The monoisotopic (exact) mass is 764 g/mol. The lowest BCUT2D eigenvalue weighted by atomic mass is 9.64. The quantitative estimate of drug-likeness (QED) is 0.173. The summed E-state index contributed by atoms with van der Waals surface area (Å²) in [5.74, 6) is 0. The van der Waals surface area contributed by atoms with E-state index in [0.717, 1.165) is 17.1 Å². The second-order valence-corrected chi connectivity index (χ2v) is 17.2. The lowest BCUT2D eigenvalue weighted by Crippen LogP contribution is -2.34. The zero-order valence-electron chi connectivity index (χ0n) is 33.5. The van der Waals surface area contributed by atoms with Crippen molar-refractivity contribution in [2.45, 2.75) is 24.7 Å². The molecule has 2 nitrogen and oxygen atoms in total. The molecule has 1 aliphatic heterocycles. The Hall–Kier alpha value is -7.42. The second-order valence-electron chi connectivity index (χ2n) is 17.2. The van der Waals surface area contributed by atoms with Crippen LogP contribution >= 0.6 is 0 Å². The van der Waals surface area contributed by atoms with Crippen molar-refractivity contribution in [3.05, 3.63) is 240 Å². The van der Waals surface area contributed by atoms with Crippen LogP contribution in [0.15, 0.2) is 206 Å². The van der Waals surface area contributed by atoms with Crippen molar-refractivity contribution >= 4 is 38.9 Å². The van der Waals surface area contributed by atoms with E-state index in [4.69, 9.17) is 0 Å². The molecule has 0 saturated heterocycles. The Labute approximate surface area is 350 Å². The molecule has 282 valence electrons. The van der Waals surface area contributed by atoms with Gasteiger partial charge < -0.3 is 9.47 Å². The van der Waals surface area contributed by atoms with Crippen LogP contribution < -0.4 is 4.90 Å². The van der Waals surface area contributed by atoms with Gasteiger partial charge in [0.05, 0.1) is 27.8 Å². The summed E-state index contributed by atoms with van der Waals surface area (Å²) >= 11 is 0. The third-order valence-corrected chi connectivity index (χ3v) is 14.0. The molecule has 2 aliphatic carbocycles. The largest absolute Gasteiger partial charge is 0.310 e. The molecule has 13 rings (SSSR count). The van der Waals surface area contributed by atoms with Crippen molar-refractivity contribution in [1.82, 2.24) is 4.57 Å². The molecule has 0 radical (unpaired) electrons. The number of aromatic nitrogens is 1. The number of benzene rings is 9. The average molecular weight is 765 g/mol. The molecule has 2 heterocycles. The molecule has 0 fully saturated rings. The Bertz CT molecular complexity index is 3420. The number of fused-ring (bicyclic) bond motifs is 15. The van der Waals surface area contributed by atoms with Gasteiger partial charge in [0.15, 0.2) is 0 Å². The lowest BCUT2D eigenvalue weighted by Gasteiger charge is -2.40. The van der Waals surface area contributed by atoms with Crippen molar-refractivity contribution in [2.75, 3.05) is 4.90 Å². The number of anilines is 3. The summed E-state index contributed by atoms with van der Waals surface area (Å²) in [6.07, 6.45) is 0. The first-order valence-corrected chi connectivity index (χ1v) is 21.1. The normalized spacial score (nSPS) is 16.0. The minimum atomic E-state index is -0.573. The van der Waals surface area contributed by atoms with Gasteiger partial charge in [-0.15, -0.1) is 0 Å². The van der Waals surface area contributed by atoms with Gasteiger partial charge in [0, 0.05) is 33.1 Å². The maximum absolute atomic E-state index is 2.53. The van der Waals surface area contributed by atoms with Gasteiger partial charge in [-0.25, -0.2) is 0 Å². The summed E-state index contributed by atoms with van der Waals surface area (Å²) in [6.45, 7) is 4.71. The SMILES string of the molecule is CC1(C)c2ccccc2-c2cc(N(c3ccccc3)c3ccccc3-c3cccc4c3C3(c5ccccc5-4)c4ccccc4-n4c5ccccc5c5cccc3c54)ccc21. The molecule has 0 N–H and O–H groups in total. The summed E-state index contributed by atoms with van der Waals surface area (Å²) in [5.41, 5.74) is 22.2. The Kier molecular flexibility index (Phi) is 6.74. The molecule has 9 aromatic carbocycles. The predicted octanol–water partition coefficient (Wildman–Crippen LogP) is 14.9. The van der Waals surface area contributed by atoms with Crippen LogP contribution in [0.4, 0.5) is 17.1 Å². The van der Waals surface area contributed by atoms with Crippen LogP contribution in [-0.4, -0.2) is 4.57 Å². The van der Waals surface area contributed by atoms with Crippen LogP contribution in [0.2, 0.25) is 0 Å². The molecule has 1 unspecified atom stereocenters. The Morgan fingerprint density at radius 2 is 0.950 bits per heavy atom. The third-order valence-electron chi connectivity index (χ3n) is 14.0. The number of nitrogens with zero attached hydrogens (tertiary/aromatic N) is 2. The third kappa shape index (κ3) is 4.17. The Morgan fingerprint density at radius 1 is 0.383 bits per heavy atom. The highest BCUT2D eigenvalue weighted by molar-refractivity contribution is 6.13. The van der Waals surface area contributed by atoms with E-state index in [1.54, 1.807) is 0 Å². The summed E-state index contributed by atoms with van der Waals surface area (Å²) in [5, 5.41) is 2.57. The van der Waals surface area contributed by atoms with Gasteiger partial charge in [-0.2, -0.15) is 0 Å². The number of para-hydroxylation sites is 5. The highest BCUT2D eigenvalue weighted by Crippen LogP contribution is 2.63. The molecule has 3 aliphatic rings. The molecular formula is C58H40N2. The molecule has 10 aromatic rings. The van der Waals surface area contributed by atoms with Crippen molar-refractivity contribution < 1.29 is 0 Å². The zero-order valence-corrected chi connectivity index (χ0v) is 33.5. The molecule has 0 bridgehead atoms. The van der Waals surface area contributed by atoms with Gasteiger partial charge in [-0.05, 0) is 104 Å². The van der Waals surface area contributed by atoms with Gasteiger partial charge in [0.2, 0.25) is 0 Å². The molecule has 2 heteroatoms. The first-order valence-electron chi connectivity index (χ1n) is 21.1. The fourth-order valence-corrected chi connectivity index (χ4v) is 11.6. The average Bonchev–Trinajstić information content (AvgIpc) is 3.88. The standard InChI is InChI=1S/C58H40N2/c1-57(2)47-27-10-6-21-40(47)46-36-38(34-35-48(46)57)59(37-18-4-3-5-19-37)52-31-13-8-22-41(52)44-25-16-24-43-39-20-7-11-28-49(39)58(55(43)44)50-29-12-15-33-54(50)60-53-32-14-9-23-42(53)45-26-17-30-51(58)56(45)60/h3-36H,1-2H3. The number of hydrogen-bond donors (Lipinski definition) is 0. The minimum absolute atomic E-state index is 0.0707. The maximum atomic E-state index is 2.53. The smallest absolute Gasteiger partial charge is 0.0760 e. The minimum Gasteiger partial charge on any atom is -0.310 e. The van der Waals surface area contributed by atoms with Crippen LogP contribution in [0, 0.1) is 0 Å². The van der Waals surface area contributed by atoms with Gasteiger partial charge in [0.25, 0.3) is 0 Å². The van der Waals surface area contributed by atoms with Gasteiger partial charge in [-0.1, -0.05) is 178 Å². The zero-order chi connectivity index (χ0) is 39.7. The highest BCUT2D eigenvalue weighted by atomic mass is 15.1. The number of hydrogen-bond acceptors (Lipinski definition) is 1. The molecule has 1 atom stereocenters. The Balaban J connectivity index is 1.12. The maximum Gasteiger partial charge on any atom is 0.0760 e.